The number of piperidine rings is 1. The molecule has 0 radical (unpaired) electrons. The molecule has 1 N–H and O–H groups in total. The lowest BCUT2D eigenvalue weighted by Crippen LogP contribution is -2.34. The monoisotopic (exact) mass is 344 g/mol. The van der Waals surface area contributed by atoms with E-state index in [4.69, 9.17) is 11.6 Å². The molecule has 2 heterocycles. The zero-order valence-electron chi connectivity index (χ0n) is 13.9. The first kappa shape index (κ1) is 16.7. The molecule has 126 valence electrons. The van der Waals surface area contributed by atoms with E-state index in [-0.39, 0.29) is 5.91 Å². The summed E-state index contributed by atoms with van der Waals surface area (Å²) in [6.07, 6.45) is 3.89. The molecule has 2 aromatic rings. The summed E-state index contributed by atoms with van der Waals surface area (Å²) >= 11 is 6.10. The van der Waals surface area contributed by atoms with Gasteiger partial charge in [0.05, 0.1) is 0 Å². The lowest BCUT2D eigenvalue weighted by molar-refractivity contribution is 0.102. The minimum atomic E-state index is -0.255. The summed E-state index contributed by atoms with van der Waals surface area (Å²) in [5.41, 5.74) is 1.89. The molecule has 0 atom stereocenters. The Kier molecular flexibility index (Phi) is 5.00. The van der Waals surface area contributed by atoms with E-state index in [1.165, 1.54) is 0 Å². The minimum absolute atomic E-state index is 0.255. The van der Waals surface area contributed by atoms with E-state index in [1.807, 2.05) is 19.1 Å². The second-order valence-electron chi connectivity index (χ2n) is 6.28. The SMILES string of the molecule is Cc1c(Cl)cccc1NC(=O)c1ccnc(N2CCC(C)CC2)n1. The molecule has 1 aliphatic rings. The number of benzene rings is 1. The summed E-state index contributed by atoms with van der Waals surface area (Å²) < 4.78 is 0. The van der Waals surface area contributed by atoms with Gasteiger partial charge in [0, 0.05) is 30.0 Å². The molecular formula is C18H21ClN4O. The third kappa shape index (κ3) is 3.67. The molecule has 0 unspecified atom stereocenters. The van der Waals surface area contributed by atoms with Gasteiger partial charge in [-0.1, -0.05) is 24.6 Å². The van der Waals surface area contributed by atoms with Crippen molar-refractivity contribution in [1.82, 2.24) is 9.97 Å². The average Bonchev–Trinajstić information content (AvgIpc) is 2.60. The molecule has 1 saturated heterocycles. The highest BCUT2D eigenvalue weighted by Crippen LogP contribution is 2.24. The van der Waals surface area contributed by atoms with Crippen LogP contribution < -0.4 is 10.2 Å². The predicted molar refractivity (Wildman–Crippen MR) is 96.8 cm³/mol. The number of hydrogen-bond donors (Lipinski definition) is 1. The Labute approximate surface area is 147 Å². The van der Waals surface area contributed by atoms with Crippen LogP contribution in [-0.4, -0.2) is 29.0 Å². The number of amides is 1. The average molecular weight is 345 g/mol. The molecule has 0 saturated carbocycles. The highest BCUT2D eigenvalue weighted by atomic mass is 35.5. The Morgan fingerprint density at radius 2 is 2.04 bits per heavy atom. The number of carbonyl (C=O) groups is 1. The number of nitrogens with zero attached hydrogens (tertiary/aromatic N) is 3. The van der Waals surface area contributed by atoms with Gasteiger partial charge in [0.25, 0.3) is 5.91 Å². The van der Waals surface area contributed by atoms with E-state index in [2.05, 4.69) is 27.1 Å². The van der Waals surface area contributed by atoms with Crippen LogP contribution in [0.2, 0.25) is 5.02 Å². The second kappa shape index (κ2) is 7.18. The van der Waals surface area contributed by atoms with Crippen LogP contribution in [0, 0.1) is 12.8 Å². The molecule has 1 aromatic heterocycles. The van der Waals surface area contributed by atoms with Crippen molar-refractivity contribution in [2.24, 2.45) is 5.92 Å². The number of halogens is 1. The highest BCUT2D eigenvalue weighted by Gasteiger charge is 2.19. The topological polar surface area (TPSA) is 58.1 Å². The van der Waals surface area contributed by atoms with Crippen LogP contribution in [0.3, 0.4) is 0 Å². The van der Waals surface area contributed by atoms with Gasteiger partial charge in [-0.2, -0.15) is 0 Å². The molecule has 0 aliphatic carbocycles. The Bertz CT molecular complexity index is 742. The number of rotatable bonds is 3. The summed E-state index contributed by atoms with van der Waals surface area (Å²) in [4.78, 5) is 23.4. The van der Waals surface area contributed by atoms with E-state index >= 15 is 0 Å². The summed E-state index contributed by atoms with van der Waals surface area (Å²) in [7, 11) is 0. The second-order valence-corrected chi connectivity index (χ2v) is 6.69. The van der Waals surface area contributed by atoms with Crippen molar-refractivity contribution in [3.8, 4) is 0 Å². The highest BCUT2D eigenvalue weighted by molar-refractivity contribution is 6.31. The third-order valence-electron chi connectivity index (χ3n) is 4.46. The zero-order valence-corrected chi connectivity index (χ0v) is 14.7. The van der Waals surface area contributed by atoms with Crippen LogP contribution in [0.1, 0.15) is 35.8 Å². The van der Waals surface area contributed by atoms with Crippen molar-refractivity contribution < 1.29 is 4.79 Å². The first-order valence-electron chi connectivity index (χ1n) is 8.19. The molecule has 24 heavy (non-hydrogen) atoms. The van der Waals surface area contributed by atoms with E-state index in [9.17, 15) is 4.79 Å². The van der Waals surface area contributed by atoms with Gasteiger partial charge in [-0.15, -0.1) is 0 Å². The zero-order chi connectivity index (χ0) is 17.1. The number of hydrogen-bond acceptors (Lipinski definition) is 4. The number of aromatic nitrogens is 2. The van der Waals surface area contributed by atoms with E-state index in [0.29, 0.717) is 22.4 Å². The number of anilines is 2. The van der Waals surface area contributed by atoms with Gasteiger partial charge in [0.2, 0.25) is 5.95 Å². The molecule has 0 bridgehead atoms. The van der Waals surface area contributed by atoms with Crippen LogP contribution in [0.5, 0.6) is 0 Å². The standard InChI is InChI=1S/C18H21ClN4O/c1-12-7-10-23(11-8-12)18-20-9-6-16(22-18)17(24)21-15-5-3-4-14(19)13(15)2/h3-6,9,12H,7-8,10-11H2,1-2H3,(H,21,24). The normalized spacial score (nSPS) is 15.4. The van der Waals surface area contributed by atoms with Crippen molar-refractivity contribution in [2.75, 3.05) is 23.3 Å². The van der Waals surface area contributed by atoms with Gasteiger partial charge < -0.3 is 10.2 Å². The maximum absolute atomic E-state index is 12.5. The summed E-state index contributed by atoms with van der Waals surface area (Å²) in [5.74, 6) is 1.10. The van der Waals surface area contributed by atoms with Crippen LogP contribution in [0.4, 0.5) is 11.6 Å². The molecule has 0 spiro atoms. The minimum Gasteiger partial charge on any atom is -0.341 e. The Balaban J connectivity index is 1.76. The molecule has 3 rings (SSSR count). The quantitative estimate of drug-likeness (QED) is 0.916. The third-order valence-corrected chi connectivity index (χ3v) is 4.87. The van der Waals surface area contributed by atoms with Gasteiger partial charge in [-0.05, 0) is 49.4 Å². The van der Waals surface area contributed by atoms with Gasteiger partial charge >= 0.3 is 0 Å². The molecule has 6 heteroatoms. The molecule has 5 nitrogen and oxygen atoms in total. The van der Waals surface area contributed by atoms with Crippen molar-refractivity contribution >= 4 is 29.1 Å². The Morgan fingerprint density at radius 3 is 2.79 bits per heavy atom. The number of carbonyl (C=O) groups excluding carboxylic acids is 1. The first-order valence-corrected chi connectivity index (χ1v) is 8.57. The van der Waals surface area contributed by atoms with Gasteiger partial charge in [0.1, 0.15) is 5.69 Å². The molecular weight excluding hydrogens is 324 g/mol. The molecule has 1 aliphatic heterocycles. The summed E-state index contributed by atoms with van der Waals surface area (Å²) in [6.45, 7) is 5.99. The van der Waals surface area contributed by atoms with Gasteiger partial charge in [-0.25, -0.2) is 9.97 Å². The number of nitrogens with one attached hydrogen (secondary N) is 1. The Hall–Kier alpha value is -2.14. The van der Waals surface area contributed by atoms with E-state index in [1.54, 1.807) is 18.3 Å². The van der Waals surface area contributed by atoms with Crippen molar-refractivity contribution in [3.63, 3.8) is 0 Å². The van der Waals surface area contributed by atoms with Crippen LogP contribution >= 0.6 is 11.6 Å². The molecule has 1 fully saturated rings. The smallest absolute Gasteiger partial charge is 0.274 e. The van der Waals surface area contributed by atoms with Crippen molar-refractivity contribution in [2.45, 2.75) is 26.7 Å². The van der Waals surface area contributed by atoms with Gasteiger partial charge in [0.15, 0.2) is 0 Å². The van der Waals surface area contributed by atoms with E-state index in [0.717, 1.165) is 37.4 Å². The fraction of sp³-hybridized carbons (Fsp3) is 0.389. The maximum atomic E-state index is 12.5. The Morgan fingerprint density at radius 1 is 1.29 bits per heavy atom. The lowest BCUT2D eigenvalue weighted by atomic mass is 10.00. The molecule has 1 aromatic carbocycles. The molecule has 1 amide bonds. The fourth-order valence-electron chi connectivity index (χ4n) is 2.77. The fourth-order valence-corrected chi connectivity index (χ4v) is 2.94. The van der Waals surface area contributed by atoms with Gasteiger partial charge in [-0.3, -0.25) is 4.79 Å². The van der Waals surface area contributed by atoms with Crippen molar-refractivity contribution in [3.05, 3.63) is 46.7 Å². The van der Waals surface area contributed by atoms with E-state index < -0.39 is 0 Å². The van der Waals surface area contributed by atoms with Crippen LogP contribution in [0.15, 0.2) is 30.5 Å². The maximum Gasteiger partial charge on any atom is 0.274 e. The summed E-state index contributed by atoms with van der Waals surface area (Å²) in [6, 6.07) is 7.07. The summed E-state index contributed by atoms with van der Waals surface area (Å²) in [5, 5.41) is 3.50. The largest absolute Gasteiger partial charge is 0.341 e. The predicted octanol–water partition coefficient (Wildman–Crippen LogP) is 3.93. The first-order chi connectivity index (χ1) is 11.5. The van der Waals surface area contributed by atoms with Crippen molar-refractivity contribution in [1.29, 1.82) is 0 Å². The lowest BCUT2D eigenvalue weighted by Gasteiger charge is -2.30. The van der Waals surface area contributed by atoms with Crippen LogP contribution in [0.25, 0.3) is 0 Å². The van der Waals surface area contributed by atoms with Crippen LogP contribution in [-0.2, 0) is 0 Å².